The minimum Gasteiger partial charge on any atom is -0.460 e. The molecule has 0 atom stereocenters. The van der Waals surface area contributed by atoms with Crippen LogP contribution in [0, 0.1) is 6.92 Å². The second kappa shape index (κ2) is 4.65. The van der Waals surface area contributed by atoms with Crippen LogP contribution in [-0.2, 0) is 6.18 Å². The van der Waals surface area contributed by atoms with Gasteiger partial charge in [0.15, 0.2) is 10.8 Å². The summed E-state index contributed by atoms with van der Waals surface area (Å²) in [4.78, 5) is 0.0531. The van der Waals surface area contributed by atoms with Gasteiger partial charge < -0.3 is 4.42 Å². The van der Waals surface area contributed by atoms with E-state index in [0.29, 0.717) is 26.7 Å². The molecule has 0 fully saturated rings. The maximum Gasteiger partial charge on any atom is 0.453 e. The van der Waals surface area contributed by atoms with Crippen LogP contribution in [-0.4, -0.2) is 30.0 Å². The first kappa shape index (κ1) is 13.9. The van der Waals surface area contributed by atoms with E-state index >= 15 is 0 Å². The zero-order valence-corrected chi connectivity index (χ0v) is 12.2. The average Bonchev–Trinajstić information content (AvgIpc) is 3.19. The van der Waals surface area contributed by atoms with Crippen LogP contribution < -0.4 is 0 Å². The highest BCUT2D eigenvalue weighted by Gasteiger charge is 2.38. The molecule has 0 saturated heterocycles. The van der Waals surface area contributed by atoms with Gasteiger partial charge in [-0.05, 0) is 25.1 Å². The van der Waals surface area contributed by atoms with Crippen molar-refractivity contribution in [3.05, 3.63) is 29.8 Å². The van der Waals surface area contributed by atoms with Gasteiger partial charge in [-0.2, -0.15) is 27.9 Å². The van der Waals surface area contributed by atoms with E-state index in [4.69, 9.17) is 4.42 Å². The van der Waals surface area contributed by atoms with Gasteiger partial charge >= 0.3 is 6.18 Å². The van der Waals surface area contributed by atoms with Gasteiger partial charge in [0, 0.05) is 0 Å². The SMILES string of the molecule is Cc1ccc(-c2cc(-c3nn4c(C(F)(F)F)nnc4s3)[nH]n2)o1. The molecule has 11 heteroatoms. The van der Waals surface area contributed by atoms with Crippen LogP contribution in [0.3, 0.4) is 0 Å². The van der Waals surface area contributed by atoms with Crippen LogP contribution in [0.2, 0.25) is 0 Å². The van der Waals surface area contributed by atoms with Crippen molar-refractivity contribution in [2.45, 2.75) is 13.1 Å². The Bertz CT molecular complexity index is 994. The maximum atomic E-state index is 12.8. The Hall–Kier alpha value is -2.69. The molecule has 4 aromatic heterocycles. The van der Waals surface area contributed by atoms with E-state index in [0.717, 1.165) is 17.1 Å². The van der Waals surface area contributed by atoms with Crippen LogP contribution in [0.25, 0.3) is 27.1 Å². The number of nitrogens with zero attached hydrogens (tertiary/aromatic N) is 5. The first-order valence-electron chi connectivity index (χ1n) is 6.34. The predicted molar refractivity (Wildman–Crippen MR) is 73.7 cm³/mol. The number of hydrogen-bond donors (Lipinski definition) is 1. The van der Waals surface area contributed by atoms with Crippen LogP contribution in [0.15, 0.2) is 22.6 Å². The smallest absolute Gasteiger partial charge is 0.453 e. The van der Waals surface area contributed by atoms with Crippen LogP contribution in [0.1, 0.15) is 11.6 Å². The predicted octanol–water partition coefficient (Wildman–Crippen LogP) is 3.16. The fraction of sp³-hybridized carbons (Fsp3) is 0.167. The fourth-order valence-corrected chi connectivity index (χ4v) is 2.84. The summed E-state index contributed by atoms with van der Waals surface area (Å²) in [6.45, 7) is 1.80. The average molecular weight is 340 g/mol. The van der Waals surface area contributed by atoms with Crippen LogP contribution in [0.4, 0.5) is 13.2 Å². The first-order chi connectivity index (χ1) is 10.9. The van der Waals surface area contributed by atoms with Crippen molar-refractivity contribution in [1.82, 2.24) is 30.0 Å². The molecule has 0 aliphatic heterocycles. The molecule has 0 amide bonds. The Balaban J connectivity index is 1.75. The van der Waals surface area contributed by atoms with Gasteiger partial charge in [-0.25, -0.2) is 0 Å². The highest BCUT2D eigenvalue weighted by molar-refractivity contribution is 7.19. The number of H-pyrrole nitrogens is 1. The molecule has 1 N–H and O–H groups in total. The van der Waals surface area contributed by atoms with Crippen molar-refractivity contribution in [3.8, 4) is 22.2 Å². The molecule has 0 aliphatic carbocycles. The van der Waals surface area contributed by atoms with Crippen molar-refractivity contribution >= 4 is 16.3 Å². The molecule has 0 aliphatic rings. The van der Waals surface area contributed by atoms with E-state index in [1.54, 1.807) is 25.1 Å². The van der Waals surface area contributed by atoms with Crippen molar-refractivity contribution < 1.29 is 17.6 Å². The lowest BCUT2D eigenvalue weighted by atomic mass is 10.3. The van der Waals surface area contributed by atoms with Gasteiger partial charge in [0.25, 0.3) is 5.82 Å². The third kappa shape index (κ3) is 2.29. The molecule has 0 radical (unpaired) electrons. The number of halogens is 3. The zero-order valence-electron chi connectivity index (χ0n) is 11.4. The van der Waals surface area contributed by atoms with E-state index in [2.05, 4.69) is 25.5 Å². The fourth-order valence-electron chi connectivity index (χ4n) is 2.03. The second-order valence-corrected chi connectivity index (χ2v) is 5.66. The van der Waals surface area contributed by atoms with Crippen molar-refractivity contribution in [1.29, 1.82) is 0 Å². The van der Waals surface area contributed by atoms with Crippen molar-refractivity contribution in [2.75, 3.05) is 0 Å². The normalized spacial score (nSPS) is 12.3. The molecule has 7 nitrogen and oxygen atoms in total. The topological polar surface area (TPSA) is 84.9 Å². The zero-order chi connectivity index (χ0) is 16.2. The third-order valence-electron chi connectivity index (χ3n) is 3.05. The van der Waals surface area contributed by atoms with Gasteiger partial charge in [0.2, 0.25) is 4.96 Å². The molecule has 23 heavy (non-hydrogen) atoms. The molecule has 0 saturated carbocycles. The summed E-state index contributed by atoms with van der Waals surface area (Å²) in [6, 6.07) is 5.20. The molecule has 0 spiro atoms. The van der Waals surface area contributed by atoms with Gasteiger partial charge in [-0.15, -0.1) is 10.2 Å². The summed E-state index contributed by atoms with van der Waals surface area (Å²) >= 11 is 0.977. The number of hydrogen-bond acceptors (Lipinski definition) is 6. The Morgan fingerprint density at radius 3 is 2.78 bits per heavy atom. The van der Waals surface area contributed by atoms with E-state index < -0.39 is 12.0 Å². The molecule has 0 aromatic carbocycles. The van der Waals surface area contributed by atoms with Gasteiger partial charge in [0.1, 0.15) is 11.5 Å². The molecular formula is C12H7F3N6OS. The summed E-state index contributed by atoms with van der Waals surface area (Å²) in [5.41, 5.74) is 1.01. The van der Waals surface area contributed by atoms with Gasteiger partial charge in [-0.3, -0.25) is 5.10 Å². The van der Waals surface area contributed by atoms with Crippen molar-refractivity contribution in [2.24, 2.45) is 0 Å². The number of nitrogens with one attached hydrogen (secondary N) is 1. The number of aromatic amines is 1. The lowest BCUT2D eigenvalue weighted by Crippen LogP contribution is -2.11. The maximum absolute atomic E-state index is 12.8. The molecule has 4 heterocycles. The standard InChI is InChI=1S/C12H7F3N6OS/c1-5-2-3-8(22-5)6-4-7(17-16-6)9-20-21-10(12(13,14)15)18-19-11(21)23-9/h2-4H,1H3,(H,16,17). The Morgan fingerprint density at radius 1 is 1.26 bits per heavy atom. The lowest BCUT2D eigenvalue weighted by Gasteiger charge is -1.99. The largest absolute Gasteiger partial charge is 0.460 e. The molecule has 4 aromatic rings. The Kier molecular flexibility index (Phi) is 2.82. The summed E-state index contributed by atoms with van der Waals surface area (Å²) in [5, 5.41) is 17.7. The molecular weight excluding hydrogens is 333 g/mol. The van der Waals surface area contributed by atoms with Crippen LogP contribution >= 0.6 is 11.3 Å². The summed E-state index contributed by atoms with van der Waals surface area (Å²) in [7, 11) is 0. The summed E-state index contributed by atoms with van der Waals surface area (Å²) in [5.74, 6) is 0.138. The van der Waals surface area contributed by atoms with E-state index in [-0.39, 0.29) is 4.96 Å². The summed E-state index contributed by atoms with van der Waals surface area (Å²) in [6.07, 6.45) is -4.62. The highest BCUT2D eigenvalue weighted by Crippen LogP contribution is 2.32. The summed E-state index contributed by atoms with van der Waals surface area (Å²) < 4.78 is 44.5. The van der Waals surface area contributed by atoms with Gasteiger partial charge in [0.05, 0.1) is 5.69 Å². The Labute approximate surface area is 129 Å². The number of rotatable bonds is 2. The van der Waals surface area contributed by atoms with E-state index in [1.807, 2.05) is 0 Å². The molecule has 118 valence electrons. The van der Waals surface area contributed by atoms with Crippen LogP contribution in [0.5, 0.6) is 0 Å². The first-order valence-corrected chi connectivity index (χ1v) is 7.15. The lowest BCUT2D eigenvalue weighted by molar-refractivity contribution is -0.146. The number of aromatic nitrogens is 6. The third-order valence-corrected chi connectivity index (χ3v) is 3.98. The minimum atomic E-state index is -4.62. The highest BCUT2D eigenvalue weighted by atomic mass is 32.1. The van der Waals surface area contributed by atoms with E-state index in [1.165, 1.54) is 0 Å². The number of fused-ring (bicyclic) bond motifs is 1. The van der Waals surface area contributed by atoms with Gasteiger partial charge in [-0.1, -0.05) is 11.3 Å². The number of alkyl halides is 3. The number of furan rings is 1. The quantitative estimate of drug-likeness (QED) is 0.606. The minimum absolute atomic E-state index is 0.0531. The molecule has 4 rings (SSSR count). The molecule has 0 unspecified atom stereocenters. The van der Waals surface area contributed by atoms with Crippen molar-refractivity contribution in [3.63, 3.8) is 0 Å². The van der Waals surface area contributed by atoms with E-state index in [9.17, 15) is 13.2 Å². The monoisotopic (exact) mass is 340 g/mol. The number of aryl methyl sites for hydroxylation is 1. The molecule has 0 bridgehead atoms. The Morgan fingerprint density at radius 2 is 2.09 bits per heavy atom. The second-order valence-electron chi connectivity index (χ2n) is 4.70.